The van der Waals surface area contributed by atoms with Crippen molar-refractivity contribution in [3.63, 3.8) is 0 Å². The number of carboxylic acid groups (broad SMARTS) is 1. The molecule has 0 bridgehead atoms. The second kappa shape index (κ2) is 9.57. The van der Waals surface area contributed by atoms with Crippen LogP contribution in [0.5, 0.6) is 5.75 Å². The summed E-state index contributed by atoms with van der Waals surface area (Å²) in [6, 6.07) is 7.19. The number of carboxylic acids is 1. The summed E-state index contributed by atoms with van der Waals surface area (Å²) in [5, 5.41) is 26.1. The van der Waals surface area contributed by atoms with Gasteiger partial charge >= 0.3 is 5.97 Å². The zero-order valence-electron chi connectivity index (χ0n) is 16.1. The molecule has 1 saturated heterocycles. The van der Waals surface area contributed by atoms with Crippen molar-refractivity contribution in [3.8, 4) is 17.1 Å². The van der Waals surface area contributed by atoms with Gasteiger partial charge < -0.3 is 24.8 Å². The summed E-state index contributed by atoms with van der Waals surface area (Å²) < 4.78 is 10.4. The lowest BCUT2D eigenvalue weighted by Gasteiger charge is -2.34. The summed E-state index contributed by atoms with van der Waals surface area (Å²) in [4.78, 5) is 14.1. The normalized spacial score (nSPS) is 17.4. The number of piperidine rings is 1. The molecule has 2 heterocycles. The minimum atomic E-state index is -1.09. The number of anilines is 1. The molecule has 8 heteroatoms. The third-order valence-corrected chi connectivity index (χ3v) is 5.13. The molecule has 28 heavy (non-hydrogen) atoms. The minimum absolute atomic E-state index is 0.0244. The van der Waals surface area contributed by atoms with Gasteiger partial charge in [0.25, 0.3) is 0 Å². The highest BCUT2D eigenvalue weighted by atomic mass is 16.5. The molecular weight excluding hydrogens is 362 g/mol. The topological polar surface area (TPSA) is 108 Å². The molecule has 0 amide bonds. The first-order chi connectivity index (χ1) is 13.6. The molecule has 8 nitrogen and oxygen atoms in total. The smallest absolute Gasteiger partial charge is 0.343 e. The number of benzene rings is 1. The number of aliphatic hydroxyl groups is 1. The van der Waals surface area contributed by atoms with Crippen molar-refractivity contribution in [2.45, 2.75) is 31.7 Å². The Morgan fingerprint density at radius 3 is 2.82 bits per heavy atom. The number of ether oxygens (including phenoxy) is 1. The molecule has 1 aliphatic heterocycles. The van der Waals surface area contributed by atoms with Crippen LogP contribution in [0.1, 0.15) is 36.0 Å². The van der Waals surface area contributed by atoms with Gasteiger partial charge in [-0.25, -0.2) is 4.79 Å². The van der Waals surface area contributed by atoms with E-state index in [4.69, 9.17) is 9.26 Å². The maximum Gasteiger partial charge on any atom is 0.343 e. The molecule has 0 radical (unpaired) electrons. The molecule has 2 aromatic rings. The molecule has 0 aliphatic carbocycles. The number of nitrogens with one attached hydrogen (secondary N) is 1. The average molecular weight is 389 g/mol. The van der Waals surface area contributed by atoms with E-state index in [0.29, 0.717) is 17.9 Å². The van der Waals surface area contributed by atoms with Gasteiger partial charge in [-0.05, 0) is 50.1 Å². The lowest BCUT2D eigenvalue weighted by Crippen LogP contribution is -2.42. The van der Waals surface area contributed by atoms with E-state index in [1.165, 1.54) is 0 Å². The van der Waals surface area contributed by atoms with Gasteiger partial charge in [-0.1, -0.05) is 11.6 Å². The van der Waals surface area contributed by atoms with Gasteiger partial charge in [-0.2, -0.15) is 0 Å². The van der Waals surface area contributed by atoms with Gasteiger partial charge in [0.15, 0.2) is 17.1 Å². The number of hydrogen-bond donors (Lipinski definition) is 3. The van der Waals surface area contributed by atoms with E-state index in [2.05, 4.69) is 15.4 Å². The number of nitrogens with zero attached hydrogens (tertiary/aromatic N) is 2. The Bertz CT molecular complexity index is 775. The average Bonchev–Trinajstić information content (AvgIpc) is 3.15. The Hall–Kier alpha value is -2.58. The van der Waals surface area contributed by atoms with Crippen LogP contribution in [0.15, 0.2) is 28.8 Å². The summed E-state index contributed by atoms with van der Waals surface area (Å²) in [6.07, 6.45) is 4.17. The molecule has 3 N–H and O–H groups in total. The molecule has 1 unspecified atom stereocenters. The van der Waals surface area contributed by atoms with Crippen LogP contribution in [0, 0.1) is 0 Å². The zero-order chi connectivity index (χ0) is 19.9. The molecule has 1 aromatic carbocycles. The Labute approximate surface area is 164 Å². The fourth-order valence-electron chi connectivity index (χ4n) is 3.60. The highest BCUT2D eigenvalue weighted by Crippen LogP contribution is 2.30. The number of aromatic nitrogens is 1. The van der Waals surface area contributed by atoms with Crippen molar-refractivity contribution in [2.24, 2.45) is 0 Å². The van der Waals surface area contributed by atoms with Crippen molar-refractivity contribution in [1.82, 2.24) is 10.1 Å². The fourth-order valence-corrected chi connectivity index (χ4v) is 3.60. The second-order valence-corrected chi connectivity index (χ2v) is 6.92. The first-order valence-corrected chi connectivity index (χ1v) is 9.60. The summed E-state index contributed by atoms with van der Waals surface area (Å²) in [6.45, 7) is 2.61. The maximum absolute atomic E-state index is 11.8. The highest BCUT2D eigenvalue weighted by molar-refractivity contribution is 5.99. The summed E-state index contributed by atoms with van der Waals surface area (Å²) in [5.41, 5.74) is 0.647. The summed E-state index contributed by atoms with van der Waals surface area (Å²) in [5.74, 6) is 0.0352. The fraction of sp³-hybridized carbons (Fsp3) is 0.500. The van der Waals surface area contributed by atoms with Crippen molar-refractivity contribution in [1.29, 1.82) is 0 Å². The Morgan fingerprint density at radius 2 is 2.14 bits per heavy atom. The van der Waals surface area contributed by atoms with Crippen molar-refractivity contribution in [2.75, 3.05) is 38.7 Å². The van der Waals surface area contributed by atoms with Gasteiger partial charge in [-0.3, -0.25) is 4.90 Å². The number of carbonyl (C=O) groups is 1. The number of likely N-dealkylation sites (tertiary alicyclic amines) is 1. The van der Waals surface area contributed by atoms with Gasteiger partial charge in [0.05, 0.1) is 13.7 Å². The van der Waals surface area contributed by atoms with E-state index >= 15 is 0 Å². The van der Waals surface area contributed by atoms with Gasteiger partial charge in [0, 0.05) is 24.7 Å². The van der Waals surface area contributed by atoms with E-state index in [1.54, 1.807) is 31.4 Å². The van der Waals surface area contributed by atoms with E-state index in [0.717, 1.165) is 38.8 Å². The minimum Gasteiger partial charge on any atom is -0.497 e. The van der Waals surface area contributed by atoms with Crippen LogP contribution in [0.2, 0.25) is 0 Å². The highest BCUT2D eigenvalue weighted by Gasteiger charge is 2.24. The number of aliphatic hydroxyl groups excluding tert-OH is 1. The predicted molar refractivity (Wildman–Crippen MR) is 105 cm³/mol. The quantitative estimate of drug-likeness (QED) is 0.562. The van der Waals surface area contributed by atoms with Gasteiger partial charge in [-0.15, -0.1) is 0 Å². The van der Waals surface area contributed by atoms with Crippen LogP contribution in [0.4, 0.5) is 5.82 Å². The monoisotopic (exact) mass is 389 g/mol. The third-order valence-electron chi connectivity index (χ3n) is 5.13. The number of hydrogen-bond acceptors (Lipinski definition) is 7. The van der Waals surface area contributed by atoms with E-state index in [1.807, 2.05) is 0 Å². The van der Waals surface area contributed by atoms with Crippen LogP contribution in [-0.4, -0.2) is 65.6 Å². The first-order valence-electron chi connectivity index (χ1n) is 9.60. The molecule has 1 aliphatic rings. The van der Waals surface area contributed by atoms with E-state index in [-0.39, 0.29) is 29.8 Å². The van der Waals surface area contributed by atoms with Crippen molar-refractivity contribution in [3.05, 3.63) is 29.8 Å². The summed E-state index contributed by atoms with van der Waals surface area (Å²) in [7, 11) is 1.57. The predicted octanol–water partition coefficient (Wildman–Crippen LogP) is 2.70. The Morgan fingerprint density at radius 1 is 1.36 bits per heavy atom. The van der Waals surface area contributed by atoms with E-state index < -0.39 is 5.97 Å². The molecule has 1 atom stereocenters. The van der Waals surface area contributed by atoms with Crippen LogP contribution in [-0.2, 0) is 0 Å². The molecule has 1 fully saturated rings. The Kier molecular flexibility index (Phi) is 6.89. The lowest BCUT2D eigenvalue weighted by atomic mass is 10.0. The van der Waals surface area contributed by atoms with Gasteiger partial charge in [0.1, 0.15) is 5.75 Å². The molecule has 152 valence electrons. The molecule has 3 rings (SSSR count). The zero-order valence-corrected chi connectivity index (χ0v) is 16.1. The lowest BCUT2D eigenvalue weighted by molar-refractivity contribution is 0.0698. The standard InChI is InChI=1S/C20H27N3O5/c1-27-16-8-6-14(7-9-16)18-17(20(25)26)19(22-28-18)21-10-4-12-23-11-3-2-5-15(23)13-24/h6-9,15,24H,2-5,10-13H2,1H3,(H,21,22)(H,25,26). The van der Waals surface area contributed by atoms with E-state index in [9.17, 15) is 15.0 Å². The Balaban J connectivity index is 1.62. The van der Waals surface area contributed by atoms with Crippen molar-refractivity contribution >= 4 is 11.8 Å². The molecule has 0 spiro atoms. The number of aromatic carboxylic acids is 1. The SMILES string of the molecule is COc1ccc(-c2onc(NCCCN3CCCCC3CO)c2C(=O)O)cc1. The van der Waals surface area contributed by atoms with Crippen LogP contribution < -0.4 is 10.1 Å². The largest absolute Gasteiger partial charge is 0.497 e. The van der Waals surface area contributed by atoms with Crippen molar-refractivity contribution < 1.29 is 24.3 Å². The van der Waals surface area contributed by atoms with Crippen LogP contribution >= 0.6 is 0 Å². The number of rotatable bonds is 9. The third kappa shape index (κ3) is 4.63. The first kappa shape index (κ1) is 20.2. The summed E-state index contributed by atoms with van der Waals surface area (Å²) >= 11 is 0. The number of methoxy groups -OCH3 is 1. The molecule has 1 aromatic heterocycles. The van der Waals surface area contributed by atoms with Gasteiger partial charge in [0.2, 0.25) is 0 Å². The molecular formula is C20H27N3O5. The second-order valence-electron chi connectivity index (χ2n) is 6.92. The molecule has 0 saturated carbocycles. The van der Waals surface area contributed by atoms with Crippen LogP contribution in [0.25, 0.3) is 11.3 Å². The van der Waals surface area contributed by atoms with Crippen LogP contribution in [0.3, 0.4) is 0 Å². The maximum atomic E-state index is 11.8.